The zero-order chi connectivity index (χ0) is 10.3. The van der Waals surface area contributed by atoms with Gasteiger partial charge in [-0.1, -0.05) is 0 Å². The topological polar surface area (TPSA) is 77.8 Å². The number of aliphatic carboxylic acids is 1. The monoisotopic (exact) mass is 215 g/mol. The van der Waals surface area contributed by atoms with Gasteiger partial charge < -0.3 is 10.2 Å². The number of thioether (sulfide) groups is 1. The van der Waals surface area contributed by atoms with Crippen molar-refractivity contribution >= 4 is 23.6 Å². The molecule has 5 nitrogen and oxygen atoms in total. The van der Waals surface area contributed by atoms with Gasteiger partial charge in [-0.2, -0.15) is 0 Å². The molecule has 0 spiro atoms. The van der Waals surface area contributed by atoms with E-state index < -0.39 is 5.97 Å². The molecule has 2 atom stereocenters. The van der Waals surface area contributed by atoms with E-state index in [0.717, 1.165) is 0 Å². The lowest BCUT2D eigenvalue weighted by molar-refractivity contribution is -0.146. The predicted molar refractivity (Wildman–Crippen MR) is 49.4 cm³/mol. The van der Waals surface area contributed by atoms with Gasteiger partial charge in [0.2, 0.25) is 5.91 Å². The van der Waals surface area contributed by atoms with Crippen molar-refractivity contribution in [1.82, 2.24) is 4.90 Å². The van der Waals surface area contributed by atoms with Crippen molar-refractivity contribution in [2.24, 2.45) is 0 Å². The summed E-state index contributed by atoms with van der Waals surface area (Å²) in [6, 6.07) is 0. The van der Waals surface area contributed by atoms with Gasteiger partial charge in [0, 0.05) is 0 Å². The largest absolute Gasteiger partial charge is 0.477 e. The summed E-state index contributed by atoms with van der Waals surface area (Å²) in [5.74, 6) is -1.27. The Hall–Kier alpha value is -1.01. The molecule has 1 amide bonds. The van der Waals surface area contributed by atoms with Crippen LogP contribution >= 0.6 is 11.8 Å². The van der Waals surface area contributed by atoms with E-state index in [1.54, 1.807) is 0 Å². The average molecular weight is 215 g/mol. The third kappa shape index (κ3) is 1.31. The quantitative estimate of drug-likeness (QED) is 0.614. The van der Waals surface area contributed by atoms with Gasteiger partial charge in [0.25, 0.3) is 0 Å². The molecule has 0 radical (unpaired) electrons. The van der Waals surface area contributed by atoms with Crippen LogP contribution in [0, 0.1) is 0 Å². The number of fused-ring (bicyclic) bond motifs is 1. The van der Waals surface area contributed by atoms with Gasteiger partial charge in [-0.15, -0.1) is 11.8 Å². The van der Waals surface area contributed by atoms with E-state index in [9.17, 15) is 9.59 Å². The van der Waals surface area contributed by atoms with Crippen LogP contribution in [0.3, 0.4) is 0 Å². The maximum Gasteiger partial charge on any atom is 0.352 e. The lowest BCUT2D eigenvalue weighted by Crippen LogP contribution is -2.54. The first-order valence-corrected chi connectivity index (χ1v) is 5.11. The molecule has 2 N–H and O–H groups in total. The second-order valence-electron chi connectivity index (χ2n) is 3.14. The number of carboxylic acid groups (broad SMARTS) is 1. The van der Waals surface area contributed by atoms with Crippen LogP contribution in [0.5, 0.6) is 0 Å². The Morgan fingerprint density at radius 2 is 2.43 bits per heavy atom. The molecule has 2 rings (SSSR count). The Morgan fingerprint density at radius 1 is 1.71 bits per heavy atom. The van der Waals surface area contributed by atoms with Gasteiger partial charge in [0.05, 0.1) is 23.7 Å². The van der Waals surface area contributed by atoms with Crippen LogP contribution in [0.4, 0.5) is 0 Å². The number of amides is 1. The molecule has 6 heteroatoms. The highest BCUT2D eigenvalue weighted by molar-refractivity contribution is 8.00. The van der Waals surface area contributed by atoms with E-state index in [1.165, 1.54) is 22.7 Å². The number of aliphatic hydroxyl groups is 1. The Labute approximate surface area is 84.4 Å². The van der Waals surface area contributed by atoms with Gasteiger partial charge in [0.15, 0.2) is 0 Å². The minimum absolute atomic E-state index is 0.00375. The van der Waals surface area contributed by atoms with E-state index in [4.69, 9.17) is 10.2 Å². The molecule has 2 aliphatic heterocycles. The summed E-state index contributed by atoms with van der Waals surface area (Å²) in [6.45, 7) is -0.0972. The lowest BCUT2D eigenvalue weighted by Gasteiger charge is -2.44. The molecule has 1 fully saturated rings. The highest BCUT2D eigenvalue weighted by atomic mass is 32.2. The number of β-lactam (4-membered cyclic amide) rings is 1. The second kappa shape index (κ2) is 3.29. The fraction of sp³-hybridized carbons (Fsp3) is 0.500. The second-order valence-corrected chi connectivity index (χ2v) is 4.56. The van der Waals surface area contributed by atoms with Crippen molar-refractivity contribution in [2.75, 3.05) is 6.61 Å². The molecule has 14 heavy (non-hydrogen) atoms. The van der Waals surface area contributed by atoms with Gasteiger partial charge >= 0.3 is 5.97 Å². The molecule has 1 saturated heterocycles. The maximum atomic E-state index is 11.1. The lowest BCUT2D eigenvalue weighted by atomic mass is 10.1. The number of aliphatic hydroxyl groups excluding tert-OH is 1. The number of carboxylic acids is 1. The number of hydrogen-bond donors (Lipinski definition) is 2. The van der Waals surface area contributed by atoms with Crippen molar-refractivity contribution in [3.8, 4) is 0 Å². The van der Waals surface area contributed by atoms with E-state index >= 15 is 0 Å². The highest BCUT2D eigenvalue weighted by Crippen LogP contribution is 2.40. The zero-order valence-electron chi connectivity index (χ0n) is 7.21. The Balaban J connectivity index is 2.27. The van der Waals surface area contributed by atoms with Gasteiger partial charge in [-0.3, -0.25) is 9.69 Å². The molecule has 0 bridgehead atoms. The van der Waals surface area contributed by atoms with Crippen molar-refractivity contribution in [2.45, 2.75) is 17.0 Å². The smallest absolute Gasteiger partial charge is 0.352 e. The van der Waals surface area contributed by atoms with E-state index in [1.807, 2.05) is 0 Å². The molecule has 76 valence electrons. The molecule has 0 aromatic rings. The van der Waals surface area contributed by atoms with Crippen molar-refractivity contribution in [1.29, 1.82) is 0 Å². The normalized spacial score (nSPS) is 30.5. The van der Waals surface area contributed by atoms with E-state index in [0.29, 0.717) is 6.42 Å². The fourth-order valence-electron chi connectivity index (χ4n) is 1.55. The van der Waals surface area contributed by atoms with Crippen molar-refractivity contribution < 1.29 is 19.8 Å². The molecule has 2 heterocycles. The molecular weight excluding hydrogens is 206 g/mol. The van der Waals surface area contributed by atoms with Crippen LogP contribution in [-0.4, -0.2) is 44.2 Å². The van der Waals surface area contributed by atoms with Gasteiger partial charge in [-0.05, 0) is 6.08 Å². The third-order valence-electron chi connectivity index (χ3n) is 2.24. The molecule has 0 saturated carbocycles. The van der Waals surface area contributed by atoms with Crippen LogP contribution in [0.1, 0.15) is 6.42 Å². The SMILES string of the molecule is O=C(O)C1=CC(CO)S[C@@H]2CC(=O)N12. The summed E-state index contributed by atoms with van der Waals surface area (Å²) < 4.78 is 0. The summed E-state index contributed by atoms with van der Waals surface area (Å²) in [6.07, 6.45) is 1.80. The number of rotatable bonds is 2. The first-order chi connectivity index (χ1) is 6.63. The Kier molecular flexibility index (Phi) is 2.24. The maximum absolute atomic E-state index is 11.1. The standard InChI is InChI=1S/C8H9NO4S/c10-3-4-1-5(8(12)13)9-6(11)2-7(9)14-4/h1,4,7,10H,2-3H2,(H,12,13)/t4?,7-/m1/s1. The Bertz CT molecular complexity index is 327. The summed E-state index contributed by atoms with van der Waals surface area (Å²) >= 11 is 1.42. The predicted octanol–water partition coefficient (Wildman–Crippen LogP) is -0.379. The number of carbonyl (C=O) groups is 2. The van der Waals surface area contributed by atoms with Gasteiger partial charge in [-0.25, -0.2) is 4.79 Å². The van der Waals surface area contributed by atoms with Crippen molar-refractivity contribution in [3.05, 3.63) is 11.8 Å². The minimum Gasteiger partial charge on any atom is -0.477 e. The molecule has 2 aliphatic rings. The summed E-state index contributed by atoms with van der Waals surface area (Å²) in [7, 11) is 0. The molecular formula is C8H9NO4S. The minimum atomic E-state index is -1.11. The fourth-order valence-corrected chi connectivity index (χ4v) is 2.84. The number of nitrogens with zero attached hydrogens (tertiary/aromatic N) is 1. The first kappa shape index (κ1) is 9.54. The van der Waals surface area contributed by atoms with Crippen LogP contribution in [-0.2, 0) is 9.59 Å². The number of carbonyl (C=O) groups excluding carboxylic acids is 1. The molecule has 0 aromatic heterocycles. The van der Waals surface area contributed by atoms with Crippen LogP contribution in [0.15, 0.2) is 11.8 Å². The summed E-state index contributed by atoms with van der Waals surface area (Å²) in [5, 5.41) is 17.4. The highest BCUT2D eigenvalue weighted by Gasteiger charge is 2.45. The summed E-state index contributed by atoms with van der Waals surface area (Å²) in [5.41, 5.74) is 0.00375. The van der Waals surface area contributed by atoms with Crippen LogP contribution in [0.2, 0.25) is 0 Å². The first-order valence-electron chi connectivity index (χ1n) is 4.17. The summed E-state index contributed by atoms with van der Waals surface area (Å²) in [4.78, 5) is 23.2. The zero-order valence-corrected chi connectivity index (χ0v) is 8.03. The van der Waals surface area contributed by atoms with Crippen LogP contribution < -0.4 is 0 Å². The number of hydrogen-bond acceptors (Lipinski definition) is 4. The van der Waals surface area contributed by atoms with Gasteiger partial charge in [0.1, 0.15) is 5.70 Å². The van der Waals surface area contributed by atoms with E-state index in [2.05, 4.69) is 0 Å². The van der Waals surface area contributed by atoms with E-state index in [-0.39, 0.29) is 28.8 Å². The average Bonchev–Trinajstić information content (AvgIpc) is 2.14. The Morgan fingerprint density at radius 3 is 2.93 bits per heavy atom. The van der Waals surface area contributed by atoms with Crippen LogP contribution in [0.25, 0.3) is 0 Å². The van der Waals surface area contributed by atoms with Crippen molar-refractivity contribution in [3.63, 3.8) is 0 Å². The molecule has 1 unspecified atom stereocenters. The third-order valence-corrected chi connectivity index (χ3v) is 3.57. The molecule has 0 aromatic carbocycles. The molecule has 0 aliphatic carbocycles.